The molecule has 1 aromatic heterocycles. The smallest absolute Gasteiger partial charge is 0.148 e. The van der Waals surface area contributed by atoms with Gasteiger partial charge in [-0.1, -0.05) is 12.1 Å². The van der Waals surface area contributed by atoms with Gasteiger partial charge >= 0.3 is 0 Å². The van der Waals surface area contributed by atoms with E-state index in [1.807, 2.05) is 25.1 Å². The topological polar surface area (TPSA) is 54.9 Å². The molecular weight excluding hydrogens is 238 g/mol. The van der Waals surface area contributed by atoms with Crippen LogP contribution in [0, 0.1) is 6.92 Å². The van der Waals surface area contributed by atoms with Gasteiger partial charge in [0, 0.05) is 12.0 Å². The first kappa shape index (κ1) is 13.5. The molecule has 0 saturated heterocycles. The van der Waals surface area contributed by atoms with Crippen molar-refractivity contribution in [3.05, 3.63) is 29.5 Å². The van der Waals surface area contributed by atoms with Crippen LogP contribution in [0.3, 0.4) is 0 Å². The molecule has 2 rings (SSSR count). The van der Waals surface area contributed by atoms with Gasteiger partial charge < -0.3 is 10.1 Å². The minimum Gasteiger partial charge on any atom is -0.364 e. The fraction of sp³-hybridized carbons (Fsp3) is 0.400. The molecule has 0 radical (unpaired) electrons. The molecule has 2 aromatic rings. The van der Waals surface area contributed by atoms with Gasteiger partial charge in [0.15, 0.2) is 0 Å². The SMILES string of the molecule is Cc1nc2cccc(CC=O)c2nc1NC(C)(C)C. The maximum Gasteiger partial charge on any atom is 0.148 e. The van der Waals surface area contributed by atoms with Crippen LogP contribution in [-0.4, -0.2) is 21.8 Å². The van der Waals surface area contributed by atoms with E-state index in [1.54, 1.807) is 0 Å². The molecule has 0 fully saturated rings. The van der Waals surface area contributed by atoms with Crippen molar-refractivity contribution in [1.82, 2.24) is 9.97 Å². The van der Waals surface area contributed by atoms with Crippen LogP contribution in [-0.2, 0) is 11.2 Å². The highest BCUT2D eigenvalue weighted by Gasteiger charge is 2.14. The quantitative estimate of drug-likeness (QED) is 0.859. The van der Waals surface area contributed by atoms with E-state index in [2.05, 4.69) is 36.1 Å². The Morgan fingerprint density at radius 1 is 1.26 bits per heavy atom. The summed E-state index contributed by atoms with van der Waals surface area (Å²) in [5, 5.41) is 3.35. The van der Waals surface area contributed by atoms with Crippen molar-refractivity contribution in [2.75, 3.05) is 5.32 Å². The van der Waals surface area contributed by atoms with Gasteiger partial charge in [0.25, 0.3) is 0 Å². The lowest BCUT2D eigenvalue weighted by Gasteiger charge is -2.22. The van der Waals surface area contributed by atoms with Crippen LogP contribution in [0.4, 0.5) is 5.82 Å². The van der Waals surface area contributed by atoms with Crippen LogP contribution in [0.5, 0.6) is 0 Å². The fourth-order valence-corrected chi connectivity index (χ4v) is 1.95. The summed E-state index contributed by atoms with van der Waals surface area (Å²) in [5.41, 5.74) is 3.33. The third kappa shape index (κ3) is 3.08. The average molecular weight is 257 g/mol. The van der Waals surface area contributed by atoms with Crippen molar-refractivity contribution in [2.24, 2.45) is 0 Å². The lowest BCUT2D eigenvalue weighted by atomic mass is 10.1. The summed E-state index contributed by atoms with van der Waals surface area (Å²) in [6.07, 6.45) is 1.26. The highest BCUT2D eigenvalue weighted by Crippen LogP contribution is 2.22. The van der Waals surface area contributed by atoms with Gasteiger partial charge in [-0.15, -0.1) is 0 Å². The Balaban J connectivity index is 2.58. The predicted molar refractivity (Wildman–Crippen MR) is 77.4 cm³/mol. The zero-order valence-corrected chi connectivity index (χ0v) is 11.8. The summed E-state index contributed by atoms with van der Waals surface area (Å²) in [4.78, 5) is 19.9. The van der Waals surface area contributed by atoms with E-state index in [0.717, 1.165) is 34.4 Å². The molecule has 19 heavy (non-hydrogen) atoms. The molecule has 4 nitrogen and oxygen atoms in total. The number of para-hydroxylation sites is 1. The van der Waals surface area contributed by atoms with E-state index in [4.69, 9.17) is 0 Å². The first-order chi connectivity index (χ1) is 8.90. The van der Waals surface area contributed by atoms with Crippen molar-refractivity contribution >= 4 is 23.1 Å². The summed E-state index contributed by atoms with van der Waals surface area (Å²) >= 11 is 0. The first-order valence-corrected chi connectivity index (χ1v) is 6.39. The summed E-state index contributed by atoms with van der Waals surface area (Å²) in [6.45, 7) is 8.17. The molecule has 0 aliphatic heterocycles. The Morgan fingerprint density at radius 3 is 2.63 bits per heavy atom. The average Bonchev–Trinajstić information content (AvgIpc) is 2.29. The molecule has 0 atom stereocenters. The third-order valence-electron chi connectivity index (χ3n) is 2.75. The van der Waals surface area contributed by atoms with Crippen LogP contribution in [0.15, 0.2) is 18.2 Å². The van der Waals surface area contributed by atoms with E-state index >= 15 is 0 Å². The van der Waals surface area contributed by atoms with E-state index in [0.29, 0.717) is 6.42 Å². The van der Waals surface area contributed by atoms with E-state index in [-0.39, 0.29) is 5.54 Å². The van der Waals surface area contributed by atoms with Crippen molar-refractivity contribution < 1.29 is 4.79 Å². The second kappa shape index (κ2) is 4.96. The number of aldehydes is 1. The molecule has 0 aliphatic carbocycles. The molecular formula is C15H19N3O. The van der Waals surface area contributed by atoms with Gasteiger partial charge in [0.05, 0.1) is 16.7 Å². The van der Waals surface area contributed by atoms with E-state index in [1.165, 1.54) is 0 Å². The highest BCUT2D eigenvalue weighted by molar-refractivity contribution is 5.82. The number of benzene rings is 1. The van der Waals surface area contributed by atoms with Crippen molar-refractivity contribution in [2.45, 2.75) is 39.7 Å². The van der Waals surface area contributed by atoms with E-state index < -0.39 is 0 Å². The number of hydrogen-bond acceptors (Lipinski definition) is 4. The molecule has 1 N–H and O–H groups in total. The molecule has 0 amide bonds. The molecule has 0 unspecified atom stereocenters. The number of anilines is 1. The Hall–Kier alpha value is -1.97. The normalized spacial score (nSPS) is 11.6. The Bertz CT molecular complexity index is 615. The lowest BCUT2D eigenvalue weighted by molar-refractivity contribution is -0.107. The summed E-state index contributed by atoms with van der Waals surface area (Å²) in [6, 6.07) is 5.75. The first-order valence-electron chi connectivity index (χ1n) is 6.39. The molecule has 0 saturated carbocycles. The minimum atomic E-state index is -0.0767. The molecule has 4 heteroatoms. The van der Waals surface area contributed by atoms with Crippen LogP contribution in [0.25, 0.3) is 11.0 Å². The number of hydrogen-bond donors (Lipinski definition) is 1. The monoisotopic (exact) mass is 257 g/mol. The summed E-state index contributed by atoms with van der Waals surface area (Å²) in [7, 11) is 0. The second-order valence-electron chi connectivity index (χ2n) is 5.69. The van der Waals surface area contributed by atoms with Gasteiger partial charge in [-0.2, -0.15) is 0 Å². The summed E-state index contributed by atoms with van der Waals surface area (Å²) < 4.78 is 0. The van der Waals surface area contributed by atoms with Crippen LogP contribution in [0.2, 0.25) is 0 Å². The van der Waals surface area contributed by atoms with Gasteiger partial charge in [-0.05, 0) is 39.3 Å². The number of carbonyl (C=O) groups excluding carboxylic acids is 1. The largest absolute Gasteiger partial charge is 0.364 e. The summed E-state index contributed by atoms with van der Waals surface area (Å²) in [5.74, 6) is 0.776. The second-order valence-corrected chi connectivity index (χ2v) is 5.69. The maximum atomic E-state index is 10.7. The highest BCUT2D eigenvalue weighted by atomic mass is 16.1. The molecule has 1 aromatic carbocycles. The Labute approximate surface area is 113 Å². The van der Waals surface area contributed by atoms with Crippen molar-refractivity contribution in [1.29, 1.82) is 0 Å². The number of rotatable bonds is 3. The number of nitrogens with one attached hydrogen (secondary N) is 1. The number of nitrogens with zero attached hydrogens (tertiary/aromatic N) is 2. The van der Waals surface area contributed by atoms with Crippen molar-refractivity contribution in [3.63, 3.8) is 0 Å². The van der Waals surface area contributed by atoms with Gasteiger partial charge in [0.1, 0.15) is 12.1 Å². The van der Waals surface area contributed by atoms with Crippen LogP contribution < -0.4 is 5.32 Å². The third-order valence-corrected chi connectivity index (χ3v) is 2.75. The van der Waals surface area contributed by atoms with E-state index in [9.17, 15) is 4.79 Å². The fourth-order valence-electron chi connectivity index (χ4n) is 1.95. The standard InChI is InChI=1S/C15H19N3O/c1-10-14(18-15(2,3)4)17-13-11(8-9-19)6-5-7-12(13)16-10/h5-7,9H,8H2,1-4H3,(H,17,18). The molecule has 1 heterocycles. The lowest BCUT2D eigenvalue weighted by Crippen LogP contribution is -2.27. The number of fused-ring (bicyclic) bond motifs is 1. The van der Waals surface area contributed by atoms with Crippen molar-refractivity contribution in [3.8, 4) is 0 Å². The number of aromatic nitrogens is 2. The number of aryl methyl sites for hydroxylation is 1. The zero-order chi connectivity index (χ0) is 14.0. The molecule has 100 valence electrons. The van der Waals surface area contributed by atoms with Crippen LogP contribution >= 0.6 is 0 Å². The van der Waals surface area contributed by atoms with Crippen LogP contribution in [0.1, 0.15) is 32.0 Å². The maximum absolute atomic E-state index is 10.7. The molecule has 0 aliphatic rings. The Morgan fingerprint density at radius 2 is 2.00 bits per heavy atom. The van der Waals surface area contributed by atoms with Gasteiger partial charge in [-0.25, -0.2) is 9.97 Å². The molecule has 0 spiro atoms. The Kier molecular flexibility index (Phi) is 3.51. The number of carbonyl (C=O) groups is 1. The zero-order valence-electron chi connectivity index (χ0n) is 11.8. The van der Waals surface area contributed by atoms with Gasteiger partial charge in [-0.3, -0.25) is 0 Å². The van der Waals surface area contributed by atoms with Gasteiger partial charge in [0.2, 0.25) is 0 Å². The molecule has 0 bridgehead atoms. The predicted octanol–water partition coefficient (Wildman–Crippen LogP) is 2.89. The minimum absolute atomic E-state index is 0.0767.